The average molecular weight is 298 g/mol. The second kappa shape index (κ2) is 9.54. The van der Waals surface area contributed by atoms with Crippen LogP contribution in [0.25, 0.3) is 0 Å². The number of pyridine rings is 2. The number of nitrogens with zero attached hydrogens (tertiary/aromatic N) is 2. The van der Waals surface area contributed by atoms with Gasteiger partial charge < -0.3 is 9.96 Å². The van der Waals surface area contributed by atoms with Crippen molar-refractivity contribution in [1.82, 2.24) is 19.9 Å². The zero-order chi connectivity index (χ0) is 13.9. The molecule has 0 aliphatic carbocycles. The third-order valence-electron chi connectivity index (χ3n) is 2.62. The minimum absolute atomic E-state index is 0.797. The molecule has 20 heavy (non-hydrogen) atoms. The molecular formula is C14H18N4Si2. The van der Waals surface area contributed by atoms with Crippen molar-refractivity contribution < 1.29 is 0 Å². The molecule has 102 valence electrons. The molecule has 2 aromatic rings. The van der Waals surface area contributed by atoms with E-state index in [0.29, 0.717) is 0 Å². The van der Waals surface area contributed by atoms with Crippen molar-refractivity contribution in [3.05, 3.63) is 60.2 Å². The van der Waals surface area contributed by atoms with Crippen molar-refractivity contribution in [2.24, 2.45) is 0 Å². The van der Waals surface area contributed by atoms with E-state index >= 15 is 0 Å². The molecule has 0 fully saturated rings. The molecule has 0 saturated heterocycles. The molecule has 0 unspecified atom stereocenters. The summed E-state index contributed by atoms with van der Waals surface area (Å²) in [7, 11) is 1.59. The van der Waals surface area contributed by atoms with Crippen molar-refractivity contribution in [3.63, 3.8) is 0 Å². The van der Waals surface area contributed by atoms with Crippen LogP contribution in [-0.2, 0) is 13.1 Å². The number of rotatable bonds is 9. The van der Waals surface area contributed by atoms with Crippen LogP contribution in [0.5, 0.6) is 0 Å². The van der Waals surface area contributed by atoms with Crippen LogP contribution >= 0.6 is 0 Å². The first-order chi connectivity index (χ1) is 9.95. The predicted molar refractivity (Wildman–Crippen MR) is 83.3 cm³/mol. The molecule has 4 nitrogen and oxygen atoms in total. The van der Waals surface area contributed by atoms with Crippen LogP contribution in [-0.4, -0.2) is 29.3 Å². The number of hydrogen-bond acceptors (Lipinski definition) is 4. The fourth-order valence-corrected chi connectivity index (χ4v) is 3.58. The molecule has 0 bridgehead atoms. The van der Waals surface area contributed by atoms with Crippen molar-refractivity contribution in [3.8, 4) is 0 Å². The van der Waals surface area contributed by atoms with Gasteiger partial charge in [-0.25, -0.2) is 0 Å². The lowest BCUT2D eigenvalue weighted by Crippen LogP contribution is -2.22. The van der Waals surface area contributed by atoms with E-state index in [0.717, 1.165) is 43.8 Å². The van der Waals surface area contributed by atoms with Gasteiger partial charge in [-0.2, -0.15) is 0 Å². The number of aromatic nitrogens is 2. The van der Waals surface area contributed by atoms with Crippen molar-refractivity contribution >= 4 is 19.4 Å². The zero-order valence-electron chi connectivity index (χ0n) is 11.3. The second-order valence-corrected chi connectivity index (χ2v) is 6.62. The Morgan fingerprint density at radius 3 is 1.65 bits per heavy atom. The summed E-state index contributed by atoms with van der Waals surface area (Å²) in [6, 6.07) is 14.5. The smallest absolute Gasteiger partial charge is 0.138 e. The van der Waals surface area contributed by atoms with Crippen molar-refractivity contribution in [2.45, 2.75) is 25.2 Å². The van der Waals surface area contributed by atoms with Gasteiger partial charge in [0.1, 0.15) is 19.4 Å². The minimum Gasteiger partial charge on any atom is -0.334 e. The lowest BCUT2D eigenvalue weighted by atomic mass is 10.4. The maximum atomic E-state index is 4.28. The Balaban J connectivity index is 1.44. The maximum absolute atomic E-state index is 4.28. The summed E-state index contributed by atoms with van der Waals surface area (Å²) in [5.41, 5.74) is 2.21. The second-order valence-electron chi connectivity index (χ2n) is 4.20. The molecule has 2 rings (SSSR count). The highest BCUT2D eigenvalue weighted by Crippen LogP contribution is 1.94. The van der Waals surface area contributed by atoms with Crippen molar-refractivity contribution in [1.29, 1.82) is 0 Å². The quantitative estimate of drug-likeness (QED) is 0.543. The first-order valence-corrected chi connectivity index (χ1v) is 9.08. The van der Waals surface area contributed by atoms with E-state index in [1.165, 1.54) is 12.1 Å². The number of nitrogens with one attached hydrogen (secondary N) is 2. The van der Waals surface area contributed by atoms with Gasteiger partial charge in [0.2, 0.25) is 0 Å². The summed E-state index contributed by atoms with van der Waals surface area (Å²) in [5, 5.41) is 0. The van der Waals surface area contributed by atoms with Crippen LogP contribution in [0.3, 0.4) is 0 Å². The average Bonchev–Trinajstić information content (AvgIpc) is 2.52. The molecule has 2 heterocycles. The fraction of sp³-hybridized carbons (Fsp3) is 0.286. The van der Waals surface area contributed by atoms with E-state index < -0.39 is 0 Å². The molecule has 0 spiro atoms. The summed E-state index contributed by atoms with van der Waals surface area (Å²) < 4.78 is 0. The molecule has 6 heteroatoms. The summed E-state index contributed by atoms with van der Waals surface area (Å²) in [6.07, 6.45) is 3.67. The standard InChI is InChI=1S/C14H18N4Si2/c1-3-7-15-13(5-1)11-17-19-9-10-20-18-12-14-6-2-4-8-16-14/h1-8,17-18H,9-12H2. The van der Waals surface area contributed by atoms with Crippen LogP contribution in [0.15, 0.2) is 48.8 Å². The van der Waals surface area contributed by atoms with Gasteiger partial charge in [0, 0.05) is 25.5 Å². The van der Waals surface area contributed by atoms with Gasteiger partial charge in [0.05, 0.1) is 11.4 Å². The Hall–Kier alpha value is -1.35. The molecule has 0 saturated carbocycles. The highest BCUT2D eigenvalue weighted by atomic mass is 28.2. The van der Waals surface area contributed by atoms with E-state index in [-0.39, 0.29) is 0 Å². The van der Waals surface area contributed by atoms with E-state index in [9.17, 15) is 0 Å². The molecule has 2 N–H and O–H groups in total. The van der Waals surface area contributed by atoms with E-state index in [4.69, 9.17) is 0 Å². The molecule has 0 aliphatic heterocycles. The lowest BCUT2D eigenvalue weighted by molar-refractivity contribution is 0.886. The Labute approximate surface area is 125 Å². The summed E-state index contributed by atoms with van der Waals surface area (Å²) in [5.74, 6) is 0. The van der Waals surface area contributed by atoms with Crippen LogP contribution in [0.1, 0.15) is 11.4 Å². The third kappa shape index (κ3) is 6.20. The Bertz CT molecular complexity index is 422. The highest BCUT2D eigenvalue weighted by molar-refractivity contribution is 6.38. The number of hydrogen-bond donors (Lipinski definition) is 2. The zero-order valence-corrected chi connectivity index (χ0v) is 13.3. The van der Waals surface area contributed by atoms with E-state index in [2.05, 4.69) is 19.9 Å². The van der Waals surface area contributed by atoms with Crippen LogP contribution in [0, 0.1) is 0 Å². The molecule has 4 radical (unpaired) electrons. The summed E-state index contributed by atoms with van der Waals surface area (Å²) in [6.45, 7) is 1.73. The fourth-order valence-electron chi connectivity index (χ4n) is 1.61. The van der Waals surface area contributed by atoms with Gasteiger partial charge in [-0.1, -0.05) is 12.1 Å². The maximum Gasteiger partial charge on any atom is 0.138 e. The molecule has 0 aromatic carbocycles. The summed E-state index contributed by atoms with van der Waals surface area (Å²) in [4.78, 5) is 15.4. The van der Waals surface area contributed by atoms with Crippen LogP contribution < -0.4 is 9.96 Å². The van der Waals surface area contributed by atoms with Crippen LogP contribution in [0.4, 0.5) is 0 Å². The molecule has 0 aliphatic rings. The molecule has 0 atom stereocenters. The van der Waals surface area contributed by atoms with Gasteiger partial charge >= 0.3 is 0 Å². The Morgan fingerprint density at radius 2 is 1.25 bits per heavy atom. The van der Waals surface area contributed by atoms with Crippen molar-refractivity contribution in [2.75, 3.05) is 0 Å². The van der Waals surface area contributed by atoms with Gasteiger partial charge in [0.25, 0.3) is 0 Å². The lowest BCUT2D eigenvalue weighted by Gasteiger charge is -2.04. The van der Waals surface area contributed by atoms with Gasteiger partial charge in [-0.15, -0.1) is 0 Å². The normalized spacial score (nSPS) is 10.6. The van der Waals surface area contributed by atoms with E-state index in [1.807, 2.05) is 48.8 Å². The van der Waals surface area contributed by atoms with E-state index in [1.54, 1.807) is 0 Å². The minimum atomic E-state index is 0.797. The largest absolute Gasteiger partial charge is 0.334 e. The van der Waals surface area contributed by atoms with Gasteiger partial charge in [0.15, 0.2) is 0 Å². The molecule has 2 aromatic heterocycles. The SMILES string of the molecule is c1ccc(CN[Si]CC[Si]NCc2ccccn2)nc1. The molecular weight excluding hydrogens is 280 g/mol. The first kappa shape index (κ1) is 15.1. The monoisotopic (exact) mass is 298 g/mol. The Kier molecular flexibility index (Phi) is 7.18. The first-order valence-electron chi connectivity index (χ1n) is 6.66. The topological polar surface area (TPSA) is 49.8 Å². The third-order valence-corrected chi connectivity index (χ3v) is 4.97. The van der Waals surface area contributed by atoms with Gasteiger partial charge in [-0.3, -0.25) is 9.97 Å². The Morgan fingerprint density at radius 1 is 0.750 bits per heavy atom. The summed E-state index contributed by atoms with van der Waals surface area (Å²) >= 11 is 0. The predicted octanol–water partition coefficient (Wildman–Crippen LogP) is 1.43. The molecule has 0 amide bonds. The van der Waals surface area contributed by atoms with Crippen LogP contribution in [0.2, 0.25) is 12.1 Å². The highest BCUT2D eigenvalue weighted by Gasteiger charge is 1.96. The van der Waals surface area contributed by atoms with Gasteiger partial charge in [-0.05, 0) is 36.4 Å².